The molecule has 7 nitrogen and oxygen atoms in total. The van der Waals surface area contributed by atoms with Gasteiger partial charge in [0.05, 0.1) is 16.9 Å². The van der Waals surface area contributed by atoms with E-state index in [1.165, 1.54) is 6.07 Å². The van der Waals surface area contributed by atoms with Gasteiger partial charge in [0.15, 0.2) is 0 Å². The summed E-state index contributed by atoms with van der Waals surface area (Å²) in [5.41, 5.74) is 3.05. The van der Waals surface area contributed by atoms with Crippen LogP contribution in [0.25, 0.3) is 0 Å². The Balaban J connectivity index is 1.25. The normalized spacial score (nSPS) is 16.2. The number of amides is 3. The standard InChI is InChI=1S/C27H25N3O4/c31-23-15-8-6-13-21(23)28-24(32)16-2-1-9-17-29-25-18-10-3-4-11-19(18)27(34)30(25)22-14-7-5-12-20(22)26(29)33/h3-8,10-15,25,31H,1-2,9,16-17H2,(H,28,32)/t25-/m0/s1. The molecule has 3 aromatic carbocycles. The summed E-state index contributed by atoms with van der Waals surface area (Å²) in [5.74, 6) is -0.299. The first-order chi connectivity index (χ1) is 16.6. The quantitative estimate of drug-likeness (QED) is 0.399. The SMILES string of the molecule is O=C(CCCCCN1C(=O)c2ccccc2N2C(=O)c3ccccc3[C@@H]12)Nc1ccccc1O. The van der Waals surface area contributed by atoms with E-state index in [-0.39, 0.29) is 23.5 Å². The molecule has 1 atom stereocenters. The van der Waals surface area contributed by atoms with E-state index in [1.807, 2.05) is 42.5 Å². The van der Waals surface area contributed by atoms with Crippen molar-refractivity contribution < 1.29 is 19.5 Å². The van der Waals surface area contributed by atoms with Crippen molar-refractivity contribution in [2.75, 3.05) is 16.8 Å². The number of aromatic hydroxyl groups is 1. The van der Waals surface area contributed by atoms with Crippen LogP contribution >= 0.6 is 0 Å². The van der Waals surface area contributed by atoms with Crippen LogP contribution in [0.15, 0.2) is 72.8 Å². The largest absolute Gasteiger partial charge is 0.506 e. The Morgan fingerprint density at radius 3 is 2.35 bits per heavy atom. The molecule has 7 heteroatoms. The van der Waals surface area contributed by atoms with E-state index in [4.69, 9.17) is 0 Å². The van der Waals surface area contributed by atoms with Gasteiger partial charge in [0.1, 0.15) is 11.9 Å². The molecule has 0 radical (unpaired) electrons. The number of phenols is 1. The molecule has 5 rings (SSSR count). The van der Waals surface area contributed by atoms with Gasteiger partial charge in [-0.05, 0) is 43.2 Å². The monoisotopic (exact) mass is 455 g/mol. The minimum Gasteiger partial charge on any atom is -0.506 e. The predicted molar refractivity (Wildman–Crippen MR) is 129 cm³/mol. The zero-order valence-corrected chi connectivity index (χ0v) is 18.6. The maximum Gasteiger partial charge on any atom is 0.260 e. The first-order valence-electron chi connectivity index (χ1n) is 11.5. The fourth-order valence-electron chi connectivity index (χ4n) is 4.74. The van der Waals surface area contributed by atoms with E-state index in [9.17, 15) is 19.5 Å². The molecular formula is C27H25N3O4. The van der Waals surface area contributed by atoms with Crippen molar-refractivity contribution in [2.45, 2.75) is 31.8 Å². The Morgan fingerprint density at radius 2 is 1.53 bits per heavy atom. The second-order valence-corrected chi connectivity index (χ2v) is 8.53. The van der Waals surface area contributed by atoms with Crippen LogP contribution in [0.1, 0.15) is 58.1 Å². The molecule has 0 spiro atoms. The van der Waals surface area contributed by atoms with E-state index in [0.717, 1.165) is 12.0 Å². The number of nitrogens with one attached hydrogen (secondary N) is 1. The van der Waals surface area contributed by atoms with Crippen LogP contribution in [-0.4, -0.2) is 34.3 Å². The third kappa shape index (κ3) is 3.79. The molecule has 3 aromatic rings. The summed E-state index contributed by atoms with van der Waals surface area (Å²) >= 11 is 0. The Bertz CT molecular complexity index is 1270. The molecule has 2 N–H and O–H groups in total. The van der Waals surface area contributed by atoms with Crippen molar-refractivity contribution in [3.8, 4) is 5.75 Å². The van der Waals surface area contributed by atoms with E-state index < -0.39 is 6.17 Å². The van der Waals surface area contributed by atoms with Crippen LogP contribution in [0, 0.1) is 0 Å². The Hall–Kier alpha value is -4.13. The highest BCUT2D eigenvalue weighted by molar-refractivity contribution is 6.16. The second-order valence-electron chi connectivity index (χ2n) is 8.53. The summed E-state index contributed by atoms with van der Waals surface area (Å²) in [6.45, 7) is 0.483. The summed E-state index contributed by atoms with van der Waals surface area (Å²) in [5, 5.41) is 12.5. The van der Waals surface area contributed by atoms with Gasteiger partial charge in [-0.3, -0.25) is 19.3 Å². The molecule has 172 valence electrons. The van der Waals surface area contributed by atoms with Crippen molar-refractivity contribution in [1.29, 1.82) is 0 Å². The van der Waals surface area contributed by atoms with Crippen LogP contribution in [0.3, 0.4) is 0 Å². The fourth-order valence-corrected chi connectivity index (χ4v) is 4.74. The average Bonchev–Trinajstić information content (AvgIpc) is 3.15. The number of fused-ring (bicyclic) bond motifs is 5. The molecule has 34 heavy (non-hydrogen) atoms. The summed E-state index contributed by atoms with van der Waals surface area (Å²) in [6, 6.07) is 21.3. The minimum absolute atomic E-state index is 0.0377. The zero-order chi connectivity index (χ0) is 23.7. The first kappa shape index (κ1) is 21.7. The van der Waals surface area contributed by atoms with Gasteiger partial charge in [0.2, 0.25) is 5.91 Å². The van der Waals surface area contributed by atoms with E-state index in [0.29, 0.717) is 48.3 Å². The molecule has 2 aliphatic rings. The summed E-state index contributed by atoms with van der Waals surface area (Å²) in [4.78, 5) is 42.3. The average molecular weight is 456 g/mol. The van der Waals surface area contributed by atoms with Crippen LogP contribution in [0.2, 0.25) is 0 Å². The fraction of sp³-hybridized carbons (Fsp3) is 0.222. The van der Waals surface area contributed by atoms with Gasteiger partial charge in [-0.25, -0.2) is 0 Å². The highest BCUT2D eigenvalue weighted by Crippen LogP contribution is 2.45. The van der Waals surface area contributed by atoms with Gasteiger partial charge in [-0.1, -0.05) is 48.9 Å². The third-order valence-corrected chi connectivity index (χ3v) is 6.36. The highest BCUT2D eigenvalue weighted by Gasteiger charge is 2.47. The summed E-state index contributed by atoms with van der Waals surface area (Å²) < 4.78 is 0. The Kier molecular flexibility index (Phi) is 5.76. The van der Waals surface area contributed by atoms with Crippen LogP contribution in [0.4, 0.5) is 11.4 Å². The van der Waals surface area contributed by atoms with Gasteiger partial charge in [0.25, 0.3) is 11.8 Å². The maximum absolute atomic E-state index is 13.4. The topological polar surface area (TPSA) is 90.0 Å². The number of anilines is 2. The number of carbonyl (C=O) groups is 3. The molecule has 0 fully saturated rings. The van der Waals surface area contributed by atoms with Crippen molar-refractivity contribution in [3.63, 3.8) is 0 Å². The van der Waals surface area contributed by atoms with Gasteiger partial charge >= 0.3 is 0 Å². The molecular weight excluding hydrogens is 430 g/mol. The number of rotatable bonds is 7. The number of nitrogens with zero attached hydrogens (tertiary/aromatic N) is 2. The predicted octanol–water partition coefficient (Wildman–Crippen LogP) is 4.71. The molecule has 0 aliphatic carbocycles. The number of hydrogen-bond donors (Lipinski definition) is 2. The lowest BCUT2D eigenvalue weighted by Crippen LogP contribution is -2.48. The van der Waals surface area contributed by atoms with Gasteiger partial charge in [0, 0.05) is 24.1 Å². The molecule has 0 unspecified atom stereocenters. The minimum atomic E-state index is -0.449. The van der Waals surface area contributed by atoms with Crippen LogP contribution in [-0.2, 0) is 4.79 Å². The van der Waals surface area contributed by atoms with Crippen molar-refractivity contribution in [1.82, 2.24) is 4.90 Å². The van der Waals surface area contributed by atoms with Crippen LogP contribution in [0.5, 0.6) is 5.75 Å². The Morgan fingerprint density at radius 1 is 0.824 bits per heavy atom. The lowest BCUT2D eigenvalue weighted by atomic mass is 10.0. The molecule has 2 heterocycles. The van der Waals surface area contributed by atoms with Crippen molar-refractivity contribution >= 4 is 29.1 Å². The molecule has 0 aromatic heterocycles. The molecule has 0 saturated heterocycles. The van der Waals surface area contributed by atoms with Crippen molar-refractivity contribution in [3.05, 3.63) is 89.5 Å². The Labute approximate surface area is 197 Å². The lowest BCUT2D eigenvalue weighted by molar-refractivity contribution is -0.116. The van der Waals surface area contributed by atoms with E-state index in [1.54, 1.807) is 34.1 Å². The maximum atomic E-state index is 13.4. The molecule has 2 aliphatic heterocycles. The van der Waals surface area contributed by atoms with E-state index >= 15 is 0 Å². The molecule has 0 bridgehead atoms. The first-order valence-corrected chi connectivity index (χ1v) is 11.5. The molecule has 0 saturated carbocycles. The second kappa shape index (κ2) is 9.02. The van der Waals surface area contributed by atoms with Gasteiger partial charge in [-0.15, -0.1) is 0 Å². The lowest BCUT2D eigenvalue weighted by Gasteiger charge is -2.41. The zero-order valence-electron chi connectivity index (χ0n) is 18.6. The smallest absolute Gasteiger partial charge is 0.260 e. The summed E-state index contributed by atoms with van der Waals surface area (Å²) in [7, 11) is 0. The van der Waals surface area contributed by atoms with Crippen LogP contribution < -0.4 is 10.2 Å². The number of para-hydroxylation sites is 3. The number of hydrogen-bond acceptors (Lipinski definition) is 4. The van der Waals surface area contributed by atoms with Crippen molar-refractivity contribution in [2.24, 2.45) is 0 Å². The van der Waals surface area contributed by atoms with Gasteiger partial charge in [-0.2, -0.15) is 0 Å². The number of carbonyl (C=O) groups excluding carboxylic acids is 3. The number of benzene rings is 3. The van der Waals surface area contributed by atoms with E-state index in [2.05, 4.69) is 5.32 Å². The number of unbranched alkanes of at least 4 members (excludes halogenated alkanes) is 2. The summed E-state index contributed by atoms with van der Waals surface area (Å²) in [6.07, 6.45) is 1.99. The third-order valence-electron chi connectivity index (χ3n) is 6.36. The molecule has 3 amide bonds. The highest BCUT2D eigenvalue weighted by atomic mass is 16.3. The number of phenolic OH excluding ortho intramolecular Hbond substituents is 1. The van der Waals surface area contributed by atoms with Gasteiger partial charge < -0.3 is 15.3 Å².